The monoisotopic (exact) mass is 492 g/mol. The molecule has 0 saturated carbocycles. The second kappa shape index (κ2) is 10.1. The zero-order chi connectivity index (χ0) is 26.0. The molecule has 0 spiro atoms. The lowest BCUT2D eigenvalue weighted by Crippen LogP contribution is -2.45. The number of methoxy groups -OCH3 is 1. The van der Waals surface area contributed by atoms with E-state index in [9.17, 15) is 14.7 Å². The second-order valence-electron chi connectivity index (χ2n) is 9.86. The van der Waals surface area contributed by atoms with Gasteiger partial charge in [0.1, 0.15) is 23.6 Å². The van der Waals surface area contributed by atoms with E-state index in [1.807, 2.05) is 30.5 Å². The van der Waals surface area contributed by atoms with Crippen LogP contribution in [-0.4, -0.2) is 61.8 Å². The average molecular weight is 493 g/mol. The molecule has 1 aliphatic rings. The molecule has 2 aromatic heterocycles. The fourth-order valence-corrected chi connectivity index (χ4v) is 4.22. The number of hydrogen-bond acceptors (Lipinski definition) is 7. The maximum Gasteiger partial charge on any atom is 0.260 e. The van der Waals surface area contributed by atoms with Crippen LogP contribution in [0.2, 0.25) is 0 Å². The number of rotatable bonds is 7. The lowest BCUT2D eigenvalue weighted by atomic mass is 9.90. The Hall–Kier alpha value is -3.79. The number of aliphatic hydroxyl groups is 1. The number of carbonyl (C=O) groups is 2. The number of aliphatic hydroxyl groups excluding tert-OH is 1. The molecule has 10 nitrogen and oxygen atoms in total. The molecule has 1 aromatic carbocycles. The summed E-state index contributed by atoms with van der Waals surface area (Å²) in [5.74, 6) is 0.953. The molecule has 10 heteroatoms. The summed E-state index contributed by atoms with van der Waals surface area (Å²) in [7, 11) is 1.53. The quantitative estimate of drug-likeness (QED) is 0.520. The SMILES string of the molecule is COc1cc2c(cc1C(=O)Nc1cccc(-c3nncn3C(C)C)n1)CN(C(=O)C(C)(C)CO)CC2. The summed E-state index contributed by atoms with van der Waals surface area (Å²) >= 11 is 0. The zero-order valence-corrected chi connectivity index (χ0v) is 21.3. The Morgan fingerprint density at radius 3 is 2.69 bits per heavy atom. The number of pyridine rings is 1. The van der Waals surface area contributed by atoms with Gasteiger partial charge in [0.2, 0.25) is 5.91 Å². The topological polar surface area (TPSA) is 122 Å². The van der Waals surface area contributed by atoms with Crippen LogP contribution >= 0.6 is 0 Å². The summed E-state index contributed by atoms with van der Waals surface area (Å²) in [5.41, 5.74) is 1.99. The van der Waals surface area contributed by atoms with E-state index in [0.29, 0.717) is 48.2 Å². The van der Waals surface area contributed by atoms with Gasteiger partial charge in [0.15, 0.2) is 5.82 Å². The van der Waals surface area contributed by atoms with Crippen molar-refractivity contribution in [2.24, 2.45) is 5.41 Å². The first-order chi connectivity index (χ1) is 17.1. The summed E-state index contributed by atoms with van der Waals surface area (Å²) in [6.45, 7) is 8.18. The van der Waals surface area contributed by atoms with Crippen molar-refractivity contribution in [3.05, 3.63) is 53.3 Å². The molecular formula is C26H32N6O4. The highest BCUT2D eigenvalue weighted by Gasteiger charge is 2.33. The van der Waals surface area contributed by atoms with Crippen LogP contribution < -0.4 is 10.1 Å². The molecule has 0 fully saturated rings. The van der Waals surface area contributed by atoms with Crippen LogP contribution in [0.4, 0.5) is 5.82 Å². The molecular weight excluding hydrogens is 460 g/mol. The first kappa shape index (κ1) is 25.3. The van der Waals surface area contributed by atoms with Crippen LogP contribution in [0.1, 0.15) is 55.2 Å². The molecule has 0 unspecified atom stereocenters. The number of nitrogens with zero attached hydrogens (tertiary/aromatic N) is 5. The average Bonchev–Trinajstić information content (AvgIpc) is 3.38. The Labute approximate surface area is 210 Å². The van der Waals surface area contributed by atoms with E-state index in [1.54, 1.807) is 43.3 Å². The van der Waals surface area contributed by atoms with Gasteiger partial charge in [0.25, 0.3) is 5.91 Å². The number of aromatic nitrogens is 4. The van der Waals surface area contributed by atoms with Gasteiger partial charge in [0, 0.05) is 19.1 Å². The third-order valence-corrected chi connectivity index (χ3v) is 6.39. The largest absolute Gasteiger partial charge is 0.496 e. The van der Waals surface area contributed by atoms with E-state index in [0.717, 1.165) is 11.1 Å². The van der Waals surface area contributed by atoms with Crippen molar-refractivity contribution < 1.29 is 19.4 Å². The Bertz CT molecular complexity index is 1280. The molecule has 1 aliphatic heterocycles. The Morgan fingerprint density at radius 1 is 1.22 bits per heavy atom. The maximum absolute atomic E-state index is 13.3. The second-order valence-corrected chi connectivity index (χ2v) is 9.86. The smallest absolute Gasteiger partial charge is 0.260 e. The Morgan fingerprint density at radius 2 is 2.00 bits per heavy atom. The molecule has 0 saturated heterocycles. The molecule has 0 atom stereocenters. The third-order valence-electron chi connectivity index (χ3n) is 6.39. The van der Waals surface area contributed by atoms with Crippen molar-refractivity contribution in [3.63, 3.8) is 0 Å². The van der Waals surface area contributed by atoms with E-state index in [-0.39, 0.29) is 24.5 Å². The summed E-state index contributed by atoms with van der Waals surface area (Å²) in [6.07, 6.45) is 2.29. The van der Waals surface area contributed by atoms with Crippen molar-refractivity contribution in [1.29, 1.82) is 0 Å². The van der Waals surface area contributed by atoms with Crippen molar-refractivity contribution in [1.82, 2.24) is 24.6 Å². The van der Waals surface area contributed by atoms with E-state index >= 15 is 0 Å². The molecule has 4 rings (SSSR count). The molecule has 3 aromatic rings. The highest BCUT2D eigenvalue weighted by molar-refractivity contribution is 6.06. The van der Waals surface area contributed by atoms with Gasteiger partial charge in [0.05, 0.1) is 24.7 Å². The number of anilines is 1. The molecule has 0 bridgehead atoms. The number of nitrogens with one attached hydrogen (secondary N) is 1. The molecule has 2 amide bonds. The minimum atomic E-state index is -0.860. The molecule has 0 aliphatic carbocycles. The van der Waals surface area contributed by atoms with E-state index < -0.39 is 5.41 Å². The molecule has 3 heterocycles. The van der Waals surface area contributed by atoms with Crippen molar-refractivity contribution >= 4 is 17.6 Å². The molecule has 190 valence electrons. The lowest BCUT2D eigenvalue weighted by Gasteiger charge is -2.34. The standard InChI is InChI=1S/C26H32N6O4/c1-16(2)32-15-27-30-23(32)20-7-6-8-22(28-20)29-24(34)19-11-18-13-31(25(35)26(3,4)14-33)10-9-17(18)12-21(19)36-5/h6-8,11-12,15-16,33H,9-10,13-14H2,1-5H3,(H,28,29,34). The van der Waals surface area contributed by atoms with Gasteiger partial charge < -0.3 is 24.6 Å². The minimum absolute atomic E-state index is 0.118. The maximum atomic E-state index is 13.3. The van der Waals surface area contributed by atoms with Crippen LogP contribution in [0, 0.1) is 5.41 Å². The summed E-state index contributed by atoms with van der Waals surface area (Å²) < 4.78 is 7.43. The fourth-order valence-electron chi connectivity index (χ4n) is 4.22. The number of amides is 2. The van der Waals surface area contributed by atoms with E-state index in [4.69, 9.17) is 4.74 Å². The Kier molecular flexibility index (Phi) is 7.07. The number of benzene rings is 1. The normalized spacial score (nSPS) is 13.5. The number of hydrogen-bond donors (Lipinski definition) is 2. The first-order valence-corrected chi connectivity index (χ1v) is 11.9. The lowest BCUT2D eigenvalue weighted by molar-refractivity contribution is -0.143. The number of fused-ring (bicyclic) bond motifs is 1. The van der Waals surface area contributed by atoms with Gasteiger partial charge in [-0.05, 0) is 69.5 Å². The van der Waals surface area contributed by atoms with Crippen LogP contribution in [0.5, 0.6) is 5.75 Å². The van der Waals surface area contributed by atoms with Gasteiger partial charge >= 0.3 is 0 Å². The highest BCUT2D eigenvalue weighted by Crippen LogP contribution is 2.31. The molecule has 36 heavy (non-hydrogen) atoms. The third kappa shape index (κ3) is 4.94. The minimum Gasteiger partial charge on any atom is -0.496 e. The molecule has 2 N–H and O–H groups in total. The highest BCUT2D eigenvalue weighted by atomic mass is 16.5. The number of ether oxygens (including phenoxy) is 1. The summed E-state index contributed by atoms with van der Waals surface area (Å²) in [5, 5.41) is 20.6. The van der Waals surface area contributed by atoms with Crippen molar-refractivity contribution in [2.75, 3.05) is 25.6 Å². The van der Waals surface area contributed by atoms with Gasteiger partial charge in [-0.15, -0.1) is 10.2 Å². The summed E-state index contributed by atoms with van der Waals surface area (Å²) in [6, 6.07) is 9.11. The first-order valence-electron chi connectivity index (χ1n) is 11.9. The predicted molar refractivity (Wildman–Crippen MR) is 135 cm³/mol. The van der Waals surface area contributed by atoms with Gasteiger partial charge in [-0.2, -0.15) is 0 Å². The fraction of sp³-hybridized carbons (Fsp3) is 0.423. The van der Waals surface area contributed by atoms with Crippen LogP contribution in [0.15, 0.2) is 36.7 Å². The van der Waals surface area contributed by atoms with Crippen LogP contribution in [-0.2, 0) is 17.8 Å². The summed E-state index contributed by atoms with van der Waals surface area (Å²) in [4.78, 5) is 32.5. The van der Waals surface area contributed by atoms with E-state index in [1.165, 1.54) is 7.11 Å². The Balaban J connectivity index is 1.59. The van der Waals surface area contributed by atoms with E-state index in [2.05, 4.69) is 20.5 Å². The van der Waals surface area contributed by atoms with Crippen LogP contribution in [0.3, 0.4) is 0 Å². The molecule has 0 radical (unpaired) electrons. The van der Waals surface area contributed by atoms with Gasteiger partial charge in [-0.1, -0.05) is 6.07 Å². The van der Waals surface area contributed by atoms with Gasteiger partial charge in [-0.3, -0.25) is 9.59 Å². The van der Waals surface area contributed by atoms with Gasteiger partial charge in [-0.25, -0.2) is 4.98 Å². The predicted octanol–water partition coefficient (Wildman–Crippen LogP) is 3.09. The number of carbonyl (C=O) groups excluding carboxylic acids is 2. The van der Waals surface area contributed by atoms with Crippen molar-refractivity contribution in [2.45, 2.75) is 46.7 Å². The zero-order valence-electron chi connectivity index (χ0n) is 21.3. The van der Waals surface area contributed by atoms with Crippen molar-refractivity contribution in [3.8, 4) is 17.3 Å². The van der Waals surface area contributed by atoms with Crippen LogP contribution in [0.25, 0.3) is 11.5 Å².